The molecule has 21 heavy (non-hydrogen) atoms. The van der Waals surface area contributed by atoms with Gasteiger partial charge in [0, 0.05) is 12.6 Å². The van der Waals surface area contributed by atoms with Crippen molar-refractivity contribution in [1.82, 2.24) is 9.55 Å². The molecule has 0 aliphatic carbocycles. The van der Waals surface area contributed by atoms with E-state index in [1.807, 2.05) is 66.2 Å². The highest BCUT2D eigenvalue weighted by Gasteiger charge is 2.13. The minimum Gasteiger partial charge on any atom is -1.00 e. The first-order valence-electron chi connectivity index (χ1n) is 6.51. The largest absolute Gasteiger partial charge is 1.00 e. The van der Waals surface area contributed by atoms with Crippen molar-refractivity contribution in [2.24, 2.45) is 0 Å². The van der Waals surface area contributed by atoms with E-state index < -0.39 is 0 Å². The number of imidazole rings is 1. The van der Waals surface area contributed by atoms with Crippen LogP contribution in [-0.4, -0.2) is 22.4 Å². The number of rotatable bonds is 4. The van der Waals surface area contributed by atoms with E-state index in [9.17, 15) is 4.79 Å². The summed E-state index contributed by atoms with van der Waals surface area (Å²) < 4.78 is 1.91. The summed E-state index contributed by atoms with van der Waals surface area (Å²) in [5.74, 6) is 0.778. The second-order valence-corrected chi connectivity index (χ2v) is 4.55. The summed E-state index contributed by atoms with van der Waals surface area (Å²) in [4.78, 5) is 16.8. The van der Waals surface area contributed by atoms with Gasteiger partial charge >= 0.3 is 0 Å². The summed E-state index contributed by atoms with van der Waals surface area (Å²) in [7, 11) is 1.81. The normalized spacial score (nSPS) is 10.1. The lowest BCUT2D eigenvalue weighted by Gasteiger charge is -2.07. The summed E-state index contributed by atoms with van der Waals surface area (Å²) in [6.45, 7) is 0.278. The number of nitrogens with one attached hydrogen (secondary N) is 1. The predicted molar refractivity (Wildman–Crippen MR) is 80.1 cm³/mol. The van der Waals surface area contributed by atoms with Crippen LogP contribution in [0.1, 0.15) is 10.4 Å². The molecule has 0 unspecified atom stereocenters. The SMILES string of the molecule is CNc1nc2ccccc2n1CC(=O)c1ccccc1.[Br-]. The molecule has 3 rings (SSSR count). The van der Waals surface area contributed by atoms with Crippen molar-refractivity contribution in [1.29, 1.82) is 0 Å². The van der Waals surface area contributed by atoms with E-state index in [1.165, 1.54) is 0 Å². The number of carbonyl (C=O) groups excluding carboxylic acids is 1. The van der Waals surface area contributed by atoms with Crippen molar-refractivity contribution in [2.75, 3.05) is 12.4 Å². The molecule has 0 aliphatic rings. The third-order valence-electron chi connectivity index (χ3n) is 3.28. The van der Waals surface area contributed by atoms with Gasteiger partial charge < -0.3 is 26.9 Å². The molecule has 1 aromatic heterocycles. The molecule has 0 aliphatic heterocycles. The van der Waals surface area contributed by atoms with E-state index >= 15 is 0 Å². The lowest BCUT2D eigenvalue weighted by Crippen LogP contribution is -3.00. The molecule has 0 bridgehead atoms. The highest BCUT2D eigenvalue weighted by atomic mass is 79.9. The summed E-state index contributed by atoms with van der Waals surface area (Å²) in [6, 6.07) is 17.1. The second kappa shape index (κ2) is 6.54. The highest BCUT2D eigenvalue weighted by Crippen LogP contribution is 2.19. The second-order valence-electron chi connectivity index (χ2n) is 4.55. The van der Waals surface area contributed by atoms with Crippen LogP contribution in [0.5, 0.6) is 0 Å². The fourth-order valence-electron chi connectivity index (χ4n) is 2.29. The van der Waals surface area contributed by atoms with Crippen LogP contribution in [0, 0.1) is 0 Å². The Balaban J connectivity index is 0.00000161. The summed E-state index contributed by atoms with van der Waals surface area (Å²) in [5.41, 5.74) is 2.56. The number of Topliss-reactive ketones (excluding diaryl/α,β-unsaturated/α-hetero) is 1. The molecule has 0 fully saturated rings. The zero-order valence-corrected chi connectivity index (χ0v) is 13.2. The number of aromatic nitrogens is 2. The van der Waals surface area contributed by atoms with Gasteiger partial charge in [-0.2, -0.15) is 0 Å². The average molecular weight is 345 g/mol. The number of hydrogen-bond donors (Lipinski definition) is 1. The smallest absolute Gasteiger partial charge is 0.204 e. The Morgan fingerprint density at radius 3 is 2.48 bits per heavy atom. The standard InChI is InChI=1S/C16H15N3O.BrH/c1-17-16-18-13-9-5-6-10-14(13)19(16)11-15(20)12-7-3-2-4-8-12;/h2-10H,11H2,1H3,(H,17,18);1H/p-1. The number of ketones is 1. The van der Waals surface area contributed by atoms with Crippen LogP contribution in [0.25, 0.3) is 11.0 Å². The first kappa shape index (κ1) is 15.3. The van der Waals surface area contributed by atoms with Crippen molar-refractivity contribution in [2.45, 2.75) is 6.54 Å². The van der Waals surface area contributed by atoms with Crippen molar-refractivity contribution in [3.63, 3.8) is 0 Å². The van der Waals surface area contributed by atoms with Crippen molar-refractivity contribution < 1.29 is 21.8 Å². The fourth-order valence-corrected chi connectivity index (χ4v) is 2.29. The van der Waals surface area contributed by atoms with E-state index in [0.29, 0.717) is 11.5 Å². The third-order valence-corrected chi connectivity index (χ3v) is 3.28. The van der Waals surface area contributed by atoms with Gasteiger partial charge in [-0.25, -0.2) is 4.98 Å². The molecule has 1 heterocycles. The molecule has 2 aromatic carbocycles. The maximum absolute atomic E-state index is 12.3. The monoisotopic (exact) mass is 344 g/mol. The number of benzene rings is 2. The van der Waals surface area contributed by atoms with Gasteiger partial charge in [-0.3, -0.25) is 4.79 Å². The summed E-state index contributed by atoms with van der Waals surface area (Å²) in [6.07, 6.45) is 0. The maximum atomic E-state index is 12.3. The van der Waals surface area contributed by atoms with Crippen LogP contribution in [0.3, 0.4) is 0 Å². The zero-order valence-electron chi connectivity index (χ0n) is 11.6. The van der Waals surface area contributed by atoms with Crippen molar-refractivity contribution >= 4 is 22.8 Å². The van der Waals surface area contributed by atoms with Crippen molar-refractivity contribution in [3.8, 4) is 0 Å². The Kier molecular flexibility index (Phi) is 4.75. The summed E-state index contributed by atoms with van der Waals surface area (Å²) in [5, 5.41) is 3.04. The van der Waals surface area contributed by atoms with Crippen LogP contribution >= 0.6 is 0 Å². The number of carbonyl (C=O) groups is 1. The maximum Gasteiger partial charge on any atom is 0.204 e. The average Bonchev–Trinajstić information content (AvgIpc) is 2.86. The van der Waals surface area contributed by atoms with Gasteiger partial charge in [-0.15, -0.1) is 0 Å². The van der Waals surface area contributed by atoms with Gasteiger partial charge in [-0.1, -0.05) is 42.5 Å². The quantitative estimate of drug-likeness (QED) is 0.676. The van der Waals surface area contributed by atoms with Crippen LogP contribution in [-0.2, 0) is 6.54 Å². The molecule has 4 nitrogen and oxygen atoms in total. The third kappa shape index (κ3) is 2.97. The van der Waals surface area contributed by atoms with Crippen LogP contribution in [0.4, 0.5) is 5.95 Å². The van der Waals surface area contributed by atoms with E-state index in [0.717, 1.165) is 11.0 Å². The Bertz CT molecular complexity index is 753. The Morgan fingerprint density at radius 1 is 1.10 bits per heavy atom. The summed E-state index contributed by atoms with van der Waals surface area (Å²) >= 11 is 0. The molecule has 5 heteroatoms. The van der Waals surface area contributed by atoms with E-state index in [-0.39, 0.29) is 29.3 Å². The first-order chi connectivity index (χ1) is 9.79. The van der Waals surface area contributed by atoms with E-state index in [4.69, 9.17) is 0 Å². The fraction of sp³-hybridized carbons (Fsp3) is 0.125. The zero-order chi connectivity index (χ0) is 13.9. The molecule has 0 amide bonds. The lowest BCUT2D eigenvalue weighted by molar-refractivity contribution is -0.0000120. The molecular weight excluding hydrogens is 330 g/mol. The van der Waals surface area contributed by atoms with Gasteiger partial charge in [-0.05, 0) is 12.1 Å². The Labute approximate surface area is 133 Å². The van der Waals surface area contributed by atoms with Gasteiger partial charge in [0.2, 0.25) is 5.95 Å². The molecule has 3 aromatic rings. The molecule has 0 radical (unpaired) electrons. The highest BCUT2D eigenvalue weighted by molar-refractivity contribution is 5.97. The van der Waals surface area contributed by atoms with Crippen molar-refractivity contribution in [3.05, 3.63) is 60.2 Å². The minimum absolute atomic E-state index is 0. The van der Waals surface area contributed by atoms with Gasteiger partial charge in [0.25, 0.3) is 0 Å². The van der Waals surface area contributed by atoms with E-state index in [1.54, 1.807) is 0 Å². The topological polar surface area (TPSA) is 46.9 Å². The molecule has 108 valence electrons. The minimum atomic E-state index is 0. The van der Waals surface area contributed by atoms with E-state index in [2.05, 4.69) is 10.3 Å². The van der Waals surface area contributed by atoms with Gasteiger partial charge in [0.05, 0.1) is 17.6 Å². The number of para-hydroxylation sites is 2. The molecule has 0 atom stereocenters. The molecule has 0 saturated carbocycles. The lowest BCUT2D eigenvalue weighted by atomic mass is 10.1. The van der Waals surface area contributed by atoms with Crippen LogP contribution < -0.4 is 22.3 Å². The molecule has 0 spiro atoms. The molecule has 1 N–H and O–H groups in total. The molecular formula is C16H15BrN3O-. The van der Waals surface area contributed by atoms with Gasteiger partial charge in [0.1, 0.15) is 0 Å². The van der Waals surface area contributed by atoms with Gasteiger partial charge in [0.15, 0.2) is 5.78 Å². The number of halogens is 1. The predicted octanol–water partition coefficient (Wildman–Crippen LogP) is -0.0351. The number of nitrogens with zero attached hydrogens (tertiary/aromatic N) is 2. The van der Waals surface area contributed by atoms with Crippen LogP contribution in [0.15, 0.2) is 54.6 Å². The number of anilines is 1. The number of fused-ring (bicyclic) bond motifs is 1. The Morgan fingerprint density at radius 2 is 1.76 bits per heavy atom. The Hall–Kier alpha value is -2.14. The number of hydrogen-bond acceptors (Lipinski definition) is 3. The first-order valence-corrected chi connectivity index (χ1v) is 6.51. The molecule has 0 saturated heterocycles. The van der Waals surface area contributed by atoms with Crippen LogP contribution in [0.2, 0.25) is 0 Å².